The Bertz CT molecular complexity index is 458. The minimum absolute atomic E-state index is 0.124. The van der Waals surface area contributed by atoms with Gasteiger partial charge in [0.25, 0.3) is 5.56 Å². The van der Waals surface area contributed by atoms with Crippen LogP contribution in [0.25, 0.3) is 0 Å². The van der Waals surface area contributed by atoms with Crippen molar-refractivity contribution in [3.05, 3.63) is 22.7 Å². The number of nitrogens with zero attached hydrogens (tertiary/aromatic N) is 2. The number of hydrogen-bond donors (Lipinski definition) is 2. The van der Waals surface area contributed by atoms with Crippen LogP contribution in [0.4, 0.5) is 5.82 Å². The Kier molecular flexibility index (Phi) is 3.07. The fraction of sp³-hybridized carbons (Fsp3) is 0.692. The van der Waals surface area contributed by atoms with Gasteiger partial charge in [-0.05, 0) is 32.7 Å². The monoisotopic (exact) mass is 248 g/mol. The Morgan fingerprint density at radius 2 is 2.11 bits per heavy atom. The highest BCUT2D eigenvalue weighted by molar-refractivity contribution is 5.32. The summed E-state index contributed by atoms with van der Waals surface area (Å²) >= 11 is 0. The van der Waals surface area contributed by atoms with E-state index >= 15 is 0 Å². The Labute approximate surface area is 107 Å². The van der Waals surface area contributed by atoms with E-state index in [0.717, 1.165) is 12.8 Å². The lowest BCUT2D eigenvalue weighted by atomic mass is 9.82. The molecule has 5 nitrogen and oxygen atoms in total. The van der Waals surface area contributed by atoms with Gasteiger partial charge in [0.1, 0.15) is 0 Å². The van der Waals surface area contributed by atoms with Gasteiger partial charge < -0.3 is 15.2 Å². The van der Waals surface area contributed by atoms with Crippen molar-refractivity contribution in [2.45, 2.75) is 50.2 Å². The van der Waals surface area contributed by atoms with Gasteiger partial charge in [-0.15, -0.1) is 0 Å². The van der Waals surface area contributed by atoms with Gasteiger partial charge in [0, 0.05) is 30.5 Å². The van der Waals surface area contributed by atoms with Crippen LogP contribution in [-0.4, -0.2) is 40.0 Å². The third kappa shape index (κ3) is 2.14. The number of aromatic amines is 1. The van der Waals surface area contributed by atoms with Gasteiger partial charge in [0.15, 0.2) is 5.82 Å². The molecule has 0 radical (unpaired) electrons. The van der Waals surface area contributed by atoms with Crippen molar-refractivity contribution < 1.29 is 0 Å². The van der Waals surface area contributed by atoms with E-state index in [9.17, 15) is 4.79 Å². The second-order valence-corrected chi connectivity index (χ2v) is 5.48. The minimum atomic E-state index is -0.124. The number of nitrogens with one attached hydrogen (secondary N) is 2. The lowest BCUT2D eigenvalue weighted by molar-refractivity contribution is 0.0607. The van der Waals surface area contributed by atoms with Crippen LogP contribution in [0.1, 0.15) is 32.1 Å². The number of piperidine rings is 2. The zero-order valence-corrected chi connectivity index (χ0v) is 10.7. The van der Waals surface area contributed by atoms with E-state index < -0.39 is 0 Å². The molecule has 2 N–H and O–H groups in total. The standard InChI is InChI=1S/C13H20N4O/c1-17-10-3-2-4-11(17)8-9(7-10)16-12-13(18)15-6-5-14-12/h5-6,9-11H,2-4,7-8H2,1H3,(H,14,16)(H,15,18). The van der Waals surface area contributed by atoms with E-state index in [4.69, 9.17) is 0 Å². The van der Waals surface area contributed by atoms with E-state index in [1.54, 1.807) is 12.4 Å². The zero-order chi connectivity index (χ0) is 12.5. The quantitative estimate of drug-likeness (QED) is 0.825. The SMILES string of the molecule is CN1C2CCCC1CC(Nc1ncc[nH]c1=O)C2. The van der Waals surface area contributed by atoms with E-state index in [1.807, 2.05) is 0 Å². The summed E-state index contributed by atoms with van der Waals surface area (Å²) in [6.07, 6.45) is 9.33. The highest BCUT2D eigenvalue weighted by atomic mass is 16.1. The van der Waals surface area contributed by atoms with Gasteiger partial charge in [-0.3, -0.25) is 4.79 Å². The lowest BCUT2D eigenvalue weighted by Crippen LogP contribution is -2.53. The van der Waals surface area contributed by atoms with Gasteiger partial charge in [0.05, 0.1) is 0 Å². The topological polar surface area (TPSA) is 61.0 Å². The van der Waals surface area contributed by atoms with Crippen LogP contribution >= 0.6 is 0 Å². The molecule has 3 rings (SSSR count). The van der Waals surface area contributed by atoms with Gasteiger partial charge in [0.2, 0.25) is 0 Å². The average molecular weight is 248 g/mol. The lowest BCUT2D eigenvalue weighted by Gasteiger charge is -2.47. The Hall–Kier alpha value is -1.36. The van der Waals surface area contributed by atoms with Gasteiger partial charge in [-0.25, -0.2) is 4.98 Å². The molecule has 5 heteroatoms. The second kappa shape index (κ2) is 4.72. The van der Waals surface area contributed by atoms with Crippen molar-refractivity contribution >= 4 is 5.82 Å². The average Bonchev–Trinajstić information content (AvgIpc) is 2.33. The zero-order valence-electron chi connectivity index (χ0n) is 10.7. The third-order valence-corrected chi connectivity index (χ3v) is 4.39. The largest absolute Gasteiger partial charge is 0.363 e. The van der Waals surface area contributed by atoms with E-state index in [0.29, 0.717) is 23.9 Å². The molecule has 2 fully saturated rings. The molecule has 0 amide bonds. The fourth-order valence-electron chi connectivity index (χ4n) is 3.38. The Balaban J connectivity index is 1.72. The summed E-state index contributed by atoms with van der Waals surface area (Å²) in [5.41, 5.74) is -0.124. The van der Waals surface area contributed by atoms with Crippen LogP contribution in [0.5, 0.6) is 0 Å². The summed E-state index contributed by atoms with van der Waals surface area (Å²) in [5.74, 6) is 0.463. The first-order valence-corrected chi connectivity index (χ1v) is 6.76. The second-order valence-electron chi connectivity index (χ2n) is 5.48. The first-order chi connectivity index (χ1) is 8.74. The summed E-state index contributed by atoms with van der Waals surface area (Å²) in [7, 11) is 2.23. The highest BCUT2D eigenvalue weighted by Crippen LogP contribution is 2.33. The molecule has 0 saturated carbocycles. The van der Waals surface area contributed by atoms with Gasteiger partial charge in [-0.1, -0.05) is 6.42 Å². The van der Waals surface area contributed by atoms with Crippen LogP contribution in [0.2, 0.25) is 0 Å². The number of hydrogen-bond acceptors (Lipinski definition) is 4. The number of rotatable bonds is 2. The molecule has 98 valence electrons. The molecule has 0 aromatic carbocycles. The number of aromatic nitrogens is 2. The maximum atomic E-state index is 11.6. The normalized spacial score (nSPS) is 32.2. The number of anilines is 1. The molecule has 2 atom stereocenters. The third-order valence-electron chi connectivity index (χ3n) is 4.39. The summed E-state index contributed by atoms with van der Waals surface area (Å²) in [5, 5.41) is 3.32. The highest BCUT2D eigenvalue weighted by Gasteiger charge is 2.36. The number of H-pyrrole nitrogens is 1. The molecule has 2 aliphatic heterocycles. The first kappa shape index (κ1) is 11.7. The van der Waals surface area contributed by atoms with E-state index in [1.165, 1.54) is 19.3 Å². The van der Waals surface area contributed by atoms with Crippen LogP contribution in [0, 0.1) is 0 Å². The smallest absolute Gasteiger partial charge is 0.290 e. The summed E-state index contributed by atoms with van der Waals surface area (Å²) in [6.45, 7) is 0. The Morgan fingerprint density at radius 3 is 2.78 bits per heavy atom. The molecule has 2 saturated heterocycles. The van der Waals surface area contributed by atoms with Crippen molar-refractivity contribution in [2.24, 2.45) is 0 Å². The maximum absolute atomic E-state index is 11.6. The molecule has 3 heterocycles. The molecule has 2 aliphatic rings. The summed E-state index contributed by atoms with van der Waals surface area (Å²) in [6, 6.07) is 1.71. The predicted octanol–water partition coefficient (Wildman–Crippen LogP) is 1.20. The van der Waals surface area contributed by atoms with Gasteiger partial charge >= 0.3 is 0 Å². The van der Waals surface area contributed by atoms with Crippen LogP contribution in [0.3, 0.4) is 0 Å². The molecule has 2 unspecified atom stereocenters. The molecule has 2 bridgehead atoms. The first-order valence-electron chi connectivity index (χ1n) is 6.76. The van der Waals surface area contributed by atoms with Gasteiger partial charge in [-0.2, -0.15) is 0 Å². The van der Waals surface area contributed by atoms with Crippen molar-refractivity contribution in [3.63, 3.8) is 0 Å². The molecule has 1 aromatic heterocycles. The molecular weight excluding hydrogens is 228 g/mol. The van der Waals surface area contributed by atoms with Crippen LogP contribution < -0.4 is 10.9 Å². The fourth-order valence-corrected chi connectivity index (χ4v) is 3.38. The van der Waals surface area contributed by atoms with Crippen LogP contribution in [-0.2, 0) is 0 Å². The summed E-state index contributed by atoms with van der Waals surface area (Å²) in [4.78, 5) is 20.9. The molecule has 1 aromatic rings. The Morgan fingerprint density at radius 1 is 1.39 bits per heavy atom. The van der Waals surface area contributed by atoms with Crippen molar-refractivity contribution in [1.29, 1.82) is 0 Å². The maximum Gasteiger partial charge on any atom is 0.290 e. The van der Waals surface area contributed by atoms with Crippen molar-refractivity contribution in [1.82, 2.24) is 14.9 Å². The molecular formula is C13H20N4O. The molecule has 0 spiro atoms. The minimum Gasteiger partial charge on any atom is -0.363 e. The van der Waals surface area contributed by atoms with Crippen molar-refractivity contribution in [2.75, 3.05) is 12.4 Å². The van der Waals surface area contributed by atoms with Crippen molar-refractivity contribution in [3.8, 4) is 0 Å². The molecule has 18 heavy (non-hydrogen) atoms. The summed E-state index contributed by atoms with van der Waals surface area (Å²) < 4.78 is 0. The molecule has 0 aliphatic carbocycles. The predicted molar refractivity (Wildman–Crippen MR) is 70.7 cm³/mol. The van der Waals surface area contributed by atoms with E-state index in [-0.39, 0.29) is 5.56 Å². The number of fused-ring (bicyclic) bond motifs is 2. The van der Waals surface area contributed by atoms with Crippen LogP contribution in [0.15, 0.2) is 17.2 Å². The van der Waals surface area contributed by atoms with E-state index in [2.05, 4.69) is 27.2 Å².